The summed E-state index contributed by atoms with van der Waals surface area (Å²) >= 11 is 0. The lowest BCUT2D eigenvalue weighted by Crippen LogP contribution is -1.95. The minimum Gasteiger partial charge on any atom is -0.245 e. The fraction of sp³-hybridized carbons (Fsp3) is 0. The molecule has 0 bridgehead atoms. The smallest absolute Gasteiger partial charge is 0.0972 e. The Morgan fingerprint density at radius 3 is 1.07 bits per heavy atom. The number of hydrogen-bond donors (Lipinski definition) is 0. The quantitative estimate of drug-likeness (QED) is 0.127. The number of nitrogens with zero attached hydrogens (tertiary/aromatic N) is 2. The van der Waals surface area contributed by atoms with Crippen LogP contribution in [0.1, 0.15) is 0 Å². The molecule has 2 nitrogen and oxygen atoms in total. The van der Waals surface area contributed by atoms with Crippen molar-refractivity contribution in [1.82, 2.24) is 9.97 Å². The topological polar surface area (TPSA) is 25.8 Å². The highest BCUT2D eigenvalue weighted by atomic mass is 14.8. The Kier molecular flexibility index (Phi) is 8.62. The van der Waals surface area contributed by atoms with Crippen molar-refractivity contribution in [2.75, 3.05) is 0 Å². The predicted molar refractivity (Wildman–Crippen MR) is 289 cm³/mol. The van der Waals surface area contributed by atoms with Gasteiger partial charge in [-0.1, -0.05) is 212 Å². The summed E-state index contributed by atoms with van der Waals surface area (Å²) in [5, 5.41) is 16.7. The van der Waals surface area contributed by atoms with E-state index >= 15 is 0 Å². The van der Waals surface area contributed by atoms with E-state index in [1.165, 1.54) is 87.2 Å². The second-order valence-corrected chi connectivity index (χ2v) is 18.0. The van der Waals surface area contributed by atoms with Gasteiger partial charge >= 0.3 is 0 Å². The first kappa shape index (κ1) is 38.3. The number of benzene rings is 12. The van der Waals surface area contributed by atoms with Crippen molar-refractivity contribution < 1.29 is 0 Å². The number of hydrogen-bond acceptors (Lipinski definition) is 2. The van der Waals surface area contributed by atoms with Crippen molar-refractivity contribution in [1.29, 1.82) is 0 Å². The van der Waals surface area contributed by atoms with Crippen LogP contribution in [0.5, 0.6) is 0 Å². The van der Waals surface area contributed by atoms with Crippen LogP contribution in [0.4, 0.5) is 0 Å². The van der Waals surface area contributed by atoms with E-state index < -0.39 is 0 Å². The highest BCUT2D eigenvalue weighted by molar-refractivity contribution is 6.25. The summed E-state index contributed by atoms with van der Waals surface area (Å²) in [6, 6.07) is 88.6. The molecular formula is C66H40N2. The highest BCUT2D eigenvalue weighted by Gasteiger charge is 2.22. The van der Waals surface area contributed by atoms with E-state index in [1.54, 1.807) is 0 Å². The van der Waals surface area contributed by atoms with Gasteiger partial charge < -0.3 is 0 Å². The summed E-state index contributed by atoms with van der Waals surface area (Å²) in [6.45, 7) is 0. The van der Waals surface area contributed by atoms with Crippen molar-refractivity contribution in [2.24, 2.45) is 0 Å². The number of fused-ring (bicyclic) bond motifs is 9. The molecular weight excluding hydrogens is 821 g/mol. The van der Waals surface area contributed by atoms with E-state index in [-0.39, 0.29) is 0 Å². The molecule has 0 aliphatic heterocycles. The van der Waals surface area contributed by atoms with Gasteiger partial charge in [0.05, 0.1) is 22.4 Å². The Morgan fingerprint density at radius 2 is 0.544 bits per heavy atom. The highest BCUT2D eigenvalue weighted by Crippen LogP contribution is 2.49. The minimum absolute atomic E-state index is 0.903. The summed E-state index contributed by atoms with van der Waals surface area (Å²) in [5.41, 5.74) is 13.2. The molecule has 0 atom stereocenters. The first-order chi connectivity index (χ1) is 33.7. The van der Waals surface area contributed by atoms with Gasteiger partial charge in [0.1, 0.15) is 0 Å². The van der Waals surface area contributed by atoms with E-state index in [9.17, 15) is 0 Å². The molecule has 14 aromatic rings. The van der Waals surface area contributed by atoms with Gasteiger partial charge in [-0.15, -0.1) is 0 Å². The summed E-state index contributed by atoms with van der Waals surface area (Å²) in [4.78, 5) is 10.8. The van der Waals surface area contributed by atoms with Crippen LogP contribution in [0.25, 0.3) is 142 Å². The molecule has 14 rings (SSSR count). The maximum Gasteiger partial charge on any atom is 0.0972 e. The Hall–Kier alpha value is -8.98. The molecule has 2 heterocycles. The first-order valence-electron chi connectivity index (χ1n) is 23.4. The molecule has 0 N–H and O–H groups in total. The van der Waals surface area contributed by atoms with Crippen LogP contribution >= 0.6 is 0 Å². The van der Waals surface area contributed by atoms with E-state index in [4.69, 9.17) is 9.97 Å². The SMILES string of the molecule is c1ccc(-c2ccc3ccc4ccc(-c5c6ccccc6c(-c6ccc7c(-c8ccc9ccccc9c8)c8ccccc8c(-c8ccc9ccccc9c8)c7c6)c6ccccc56)nc4c3n2)cc1. The van der Waals surface area contributed by atoms with Crippen molar-refractivity contribution in [3.63, 3.8) is 0 Å². The van der Waals surface area contributed by atoms with Gasteiger partial charge in [-0.05, 0) is 128 Å². The fourth-order valence-electron chi connectivity index (χ4n) is 11.0. The molecule has 0 aliphatic rings. The van der Waals surface area contributed by atoms with Crippen molar-refractivity contribution in [3.8, 4) is 55.9 Å². The molecule has 0 radical (unpaired) electrons. The summed E-state index contributed by atoms with van der Waals surface area (Å²) < 4.78 is 0. The molecule has 0 fully saturated rings. The van der Waals surface area contributed by atoms with Gasteiger partial charge in [0.2, 0.25) is 0 Å². The molecule has 0 spiro atoms. The second-order valence-electron chi connectivity index (χ2n) is 18.0. The third-order valence-electron chi connectivity index (χ3n) is 14.2. The number of aromatic nitrogens is 2. The number of pyridine rings is 2. The van der Waals surface area contributed by atoms with Crippen LogP contribution in [-0.4, -0.2) is 9.97 Å². The van der Waals surface area contributed by atoms with E-state index in [2.05, 4.69) is 237 Å². The average Bonchev–Trinajstić information content (AvgIpc) is 3.41. The normalized spacial score (nSPS) is 11.8. The van der Waals surface area contributed by atoms with Crippen LogP contribution in [0.3, 0.4) is 0 Å². The van der Waals surface area contributed by atoms with E-state index in [0.717, 1.165) is 55.1 Å². The minimum atomic E-state index is 0.903. The lowest BCUT2D eigenvalue weighted by Gasteiger charge is -2.21. The van der Waals surface area contributed by atoms with Gasteiger partial charge in [-0.3, -0.25) is 0 Å². The maximum atomic E-state index is 5.54. The lowest BCUT2D eigenvalue weighted by molar-refractivity contribution is 1.37. The van der Waals surface area contributed by atoms with Crippen LogP contribution in [0.15, 0.2) is 243 Å². The molecule has 68 heavy (non-hydrogen) atoms. The molecule has 0 unspecified atom stereocenters. The van der Waals surface area contributed by atoms with Gasteiger partial charge in [0, 0.05) is 21.9 Å². The largest absolute Gasteiger partial charge is 0.245 e. The van der Waals surface area contributed by atoms with Gasteiger partial charge in [-0.2, -0.15) is 0 Å². The lowest BCUT2D eigenvalue weighted by atomic mass is 9.82. The molecule has 2 aromatic heterocycles. The Bertz CT molecular complexity index is 4320. The summed E-state index contributed by atoms with van der Waals surface area (Å²) in [7, 11) is 0. The molecule has 0 aliphatic carbocycles. The van der Waals surface area contributed by atoms with Crippen LogP contribution in [0.2, 0.25) is 0 Å². The van der Waals surface area contributed by atoms with Gasteiger partial charge in [0.15, 0.2) is 0 Å². The standard InChI is InChI=1S/C66H40N2/c1-2-16-43(17-3-1)59-36-33-44-28-29-45-34-37-60(68-66(45)65(44)67-59)64-55-24-12-10-22-53(55)62(54-23-11-13-25-56(54)64)50-32-35-57-58(40-50)63(49-31-27-42-15-5-7-19-47(42)39-49)52-21-9-8-20-51(52)61(57)48-30-26-41-14-4-6-18-46(41)38-48/h1-40H. The number of rotatable bonds is 5. The van der Waals surface area contributed by atoms with E-state index in [0.29, 0.717) is 0 Å². The van der Waals surface area contributed by atoms with E-state index in [1.807, 2.05) is 6.07 Å². The molecule has 314 valence electrons. The Morgan fingerprint density at radius 1 is 0.191 bits per heavy atom. The fourth-order valence-corrected chi connectivity index (χ4v) is 11.0. The van der Waals surface area contributed by atoms with Crippen LogP contribution in [-0.2, 0) is 0 Å². The summed E-state index contributed by atoms with van der Waals surface area (Å²) in [6.07, 6.45) is 0. The van der Waals surface area contributed by atoms with Crippen LogP contribution in [0, 0.1) is 0 Å². The molecule has 0 saturated carbocycles. The molecule has 0 saturated heterocycles. The molecule has 12 aromatic carbocycles. The second kappa shape index (κ2) is 15.3. The van der Waals surface area contributed by atoms with Crippen LogP contribution < -0.4 is 0 Å². The molecule has 0 amide bonds. The Labute approximate surface area is 393 Å². The predicted octanol–water partition coefficient (Wildman–Crippen LogP) is 18.0. The third-order valence-corrected chi connectivity index (χ3v) is 14.2. The zero-order chi connectivity index (χ0) is 44.7. The zero-order valence-electron chi connectivity index (χ0n) is 37.0. The van der Waals surface area contributed by atoms with Crippen molar-refractivity contribution in [3.05, 3.63) is 243 Å². The first-order valence-corrected chi connectivity index (χ1v) is 23.4. The average molecular weight is 861 g/mol. The van der Waals surface area contributed by atoms with Crippen molar-refractivity contribution in [2.45, 2.75) is 0 Å². The third kappa shape index (κ3) is 6.05. The zero-order valence-corrected chi connectivity index (χ0v) is 37.0. The van der Waals surface area contributed by atoms with Gasteiger partial charge in [-0.25, -0.2) is 9.97 Å². The summed E-state index contributed by atoms with van der Waals surface area (Å²) in [5.74, 6) is 0. The monoisotopic (exact) mass is 860 g/mol. The Balaban J connectivity index is 1.04. The van der Waals surface area contributed by atoms with Gasteiger partial charge in [0.25, 0.3) is 0 Å². The van der Waals surface area contributed by atoms with Crippen molar-refractivity contribution >= 4 is 86.4 Å². The molecule has 2 heteroatoms. The maximum absolute atomic E-state index is 5.54.